The Balaban J connectivity index is 0.00000288. The third kappa shape index (κ3) is 5.06. The van der Waals surface area contributed by atoms with Gasteiger partial charge in [-0.3, -0.25) is 9.78 Å². The quantitative estimate of drug-likeness (QED) is 0.333. The number of halogens is 1. The van der Waals surface area contributed by atoms with Crippen LogP contribution in [0.5, 0.6) is 0 Å². The Hall–Kier alpha value is -1.38. The van der Waals surface area contributed by atoms with Crippen molar-refractivity contribution in [3.8, 4) is 0 Å². The molecule has 1 fully saturated rings. The molecule has 0 saturated carbocycles. The van der Waals surface area contributed by atoms with Crippen LogP contribution in [0.4, 0.5) is 0 Å². The van der Waals surface area contributed by atoms with Crippen molar-refractivity contribution < 1.29 is 9.53 Å². The number of carbonyl (C=O) groups is 1. The molecule has 0 aromatic carbocycles. The summed E-state index contributed by atoms with van der Waals surface area (Å²) in [5.41, 5.74) is 2.11. The lowest BCUT2D eigenvalue weighted by atomic mass is 9.99. The average Bonchev–Trinajstić information content (AvgIpc) is 2.93. The number of carbonyl (C=O) groups excluding carboxylic acids is 1. The molecule has 0 radical (unpaired) electrons. The Bertz CT molecular complexity index is 579. The van der Waals surface area contributed by atoms with Gasteiger partial charge in [0.2, 0.25) is 0 Å². The lowest BCUT2D eigenvalue weighted by Gasteiger charge is -2.21. The molecule has 0 spiro atoms. The molecule has 0 amide bonds. The monoisotopic (exact) mass is 446 g/mol. The highest BCUT2D eigenvalue weighted by molar-refractivity contribution is 14.0. The molecule has 1 aliphatic rings. The average molecular weight is 446 g/mol. The molecule has 2 atom stereocenters. The minimum atomic E-state index is -0.142. The normalized spacial score (nSPS) is 20.5. The summed E-state index contributed by atoms with van der Waals surface area (Å²) in [5.74, 6) is 0.843. The Labute approximate surface area is 161 Å². The molecular weight excluding hydrogens is 419 g/mol. The SMILES string of the molecule is CCNC(=NCc1ncccc1C)N1CC(C)C(C(=O)OC)C1.I. The molecule has 2 heterocycles. The number of methoxy groups -OCH3 is 1. The highest BCUT2D eigenvalue weighted by Gasteiger charge is 2.36. The molecule has 6 nitrogen and oxygen atoms in total. The summed E-state index contributed by atoms with van der Waals surface area (Å²) in [4.78, 5) is 23.1. The second-order valence-electron chi connectivity index (χ2n) is 5.95. The van der Waals surface area contributed by atoms with Crippen LogP contribution in [0.2, 0.25) is 0 Å². The van der Waals surface area contributed by atoms with E-state index in [1.54, 1.807) is 6.20 Å². The van der Waals surface area contributed by atoms with Crippen molar-refractivity contribution in [3.63, 3.8) is 0 Å². The van der Waals surface area contributed by atoms with E-state index in [2.05, 4.69) is 22.1 Å². The van der Waals surface area contributed by atoms with Crippen LogP contribution in [0, 0.1) is 18.8 Å². The number of likely N-dealkylation sites (tertiary alicyclic amines) is 1. The number of rotatable bonds is 4. The van der Waals surface area contributed by atoms with Crippen LogP contribution in [0.3, 0.4) is 0 Å². The summed E-state index contributed by atoms with van der Waals surface area (Å²) in [6.45, 7) is 8.91. The molecule has 0 bridgehead atoms. The summed E-state index contributed by atoms with van der Waals surface area (Å²) in [6.07, 6.45) is 1.79. The maximum atomic E-state index is 11.9. The molecule has 7 heteroatoms. The minimum absolute atomic E-state index is 0. The Morgan fingerprint density at radius 1 is 1.50 bits per heavy atom. The Morgan fingerprint density at radius 2 is 2.25 bits per heavy atom. The number of guanidine groups is 1. The molecule has 1 saturated heterocycles. The van der Waals surface area contributed by atoms with E-state index >= 15 is 0 Å². The zero-order valence-corrected chi connectivity index (χ0v) is 17.1. The fraction of sp³-hybridized carbons (Fsp3) is 0.588. The van der Waals surface area contributed by atoms with E-state index in [1.807, 2.05) is 26.0 Å². The molecule has 134 valence electrons. The van der Waals surface area contributed by atoms with Gasteiger partial charge in [0.25, 0.3) is 0 Å². The largest absolute Gasteiger partial charge is 0.469 e. The first kappa shape index (κ1) is 20.7. The van der Waals surface area contributed by atoms with Crippen LogP contribution in [0.15, 0.2) is 23.3 Å². The van der Waals surface area contributed by atoms with Crippen LogP contribution in [-0.4, -0.2) is 48.6 Å². The number of ether oxygens (including phenoxy) is 1. The Kier molecular flexibility index (Phi) is 8.44. The maximum absolute atomic E-state index is 11.9. The summed E-state index contributed by atoms with van der Waals surface area (Å²) in [7, 11) is 1.45. The first-order valence-corrected chi connectivity index (χ1v) is 8.08. The summed E-state index contributed by atoms with van der Waals surface area (Å²) < 4.78 is 4.90. The number of nitrogens with one attached hydrogen (secondary N) is 1. The lowest BCUT2D eigenvalue weighted by molar-refractivity contribution is -0.145. The van der Waals surface area contributed by atoms with Gasteiger partial charge in [-0.05, 0) is 31.4 Å². The predicted octanol–water partition coefficient (Wildman–Crippen LogP) is 2.21. The molecule has 0 aliphatic carbocycles. The number of pyridine rings is 1. The standard InChI is InChI=1S/C17H26N4O2.HI/c1-5-18-17(20-9-15-12(2)7-6-8-19-15)21-10-13(3)14(11-21)16(22)23-4;/h6-8,13-14H,5,9-11H2,1-4H3,(H,18,20);1H. The van der Waals surface area contributed by atoms with E-state index in [4.69, 9.17) is 9.73 Å². The molecule has 1 N–H and O–H groups in total. The van der Waals surface area contributed by atoms with Crippen molar-refractivity contribution in [1.82, 2.24) is 15.2 Å². The molecule has 2 unspecified atom stereocenters. The van der Waals surface area contributed by atoms with Gasteiger partial charge in [0.05, 0.1) is 25.3 Å². The van der Waals surface area contributed by atoms with Crippen molar-refractivity contribution in [2.75, 3.05) is 26.7 Å². The number of aromatic nitrogens is 1. The van der Waals surface area contributed by atoms with Gasteiger partial charge in [-0.25, -0.2) is 4.99 Å². The topological polar surface area (TPSA) is 66.8 Å². The zero-order chi connectivity index (χ0) is 16.8. The van der Waals surface area contributed by atoms with Crippen molar-refractivity contribution >= 4 is 35.9 Å². The van der Waals surface area contributed by atoms with Crippen LogP contribution in [-0.2, 0) is 16.1 Å². The van der Waals surface area contributed by atoms with Crippen molar-refractivity contribution in [2.24, 2.45) is 16.8 Å². The number of aryl methyl sites for hydroxylation is 1. The first-order valence-electron chi connectivity index (χ1n) is 8.08. The van der Waals surface area contributed by atoms with Crippen LogP contribution >= 0.6 is 24.0 Å². The number of hydrogen-bond acceptors (Lipinski definition) is 4. The zero-order valence-electron chi connectivity index (χ0n) is 14.8. The second-order valence-corrected chi connectivity index (χ2v) is 5.95. The van der Waals surface area contributed by atoms with Crippen LogP contribution < -0.4 is 5.32 Å². The molecule has 2 rings (SSSR count). The second kappa shape index (κ2) is 9.80. The van der Waals surface area contributed by atoms with Gasteiger partial charge in [0.1, 0.15) is 0 Å². The summed E-state index contributed by atoms with van der Waals surface area (Å²) in [6, 6.07) is 3.97. The van der Waals surface area contributed by atoms with Crippen molar-refractivity contribution in [2.45, 2.75) is 27.3 Å². The highest BCUT2D eigenvalue weighted by Crippen LogP contribution is 2.24. The number of esters is 1. The van der Waals surface area contributed by atoms with E-state index in [0.717, 1.165) is 30.3 Å². The van der Waals surface area contributed by atoms with E-state index in [9.17, 15) is 4.79 Å². The maximum Gasteiger partial charge on any atom is 0.310 e. The molecule has 1 aromatic heterocycles. The molecule has 1 aromatic rings. The van der Waals surface area contributed by atoms with Gasteiger partial charge in [-0.2, -0.15) is 0 Å². The molecule has 1 aliphatic heterocycles. The summed E-state index contributed by atoms with van der Waals surface area (Å²) in [5, 5.41) is 3.31. The van der Waals surface area contributed by atoms with Gasteiger partial charge >= 0.3 is 5.97 Å². The van der Waals surface area contributed by atoms with E-state index in [1.165, 1.54) is 7.11 Å². The Morgan fingerprint density at radius 3 is 2.88 bits per heavy atom. The van der Waals surface area contributed by atoms with Gasteiger partial charge in [-0.1, -0.05) is 13.0 Å². The number of aliphatic imine (C=N–C) groups is 1. The number of hydrogen-bond donors (Lipinski definition) is 1. The predicted molar refractivity (Wildman–Crippen MR) is 105 cm³/mol. The van der Waals surface area contributed by atoms with Gasteiger partial charge in [-0.15, -0.1) is 24.0 Å². The first-order chi connectivity index (χ1) is 11.1. The minimum Gasteiger partial charge on any atom is -0.469 e. The van der Waals surface area contributed by atoms with Gasteiger partial charge in [0, 0.05) is 25.8 Å². The fourth-order valence-corrected chi connectivity index (χ4v) is 2.86. The van der Waals surface area contributed by atoms with Crippen molar-refractivity contribution in [3.05, 3.63) is 29.6 Å². The third-order valence-corrected chi connectivity index (χ3v) is 4.25. The molecular formula is C17H27IN4O2. The van der Waals surface area contributed by atoms with Crippen LogP contribution in [0.25, 0.3) is 0 Å². The van der Waals surface area contributed by atoms with Crippen molar-refractivity contribution in [1.29, 1.82) is 0 Å². The number of nitrogens with zero attached hydrogens (tertiary/aromatic N) is 3. The van der Waals surface area contributed by atoms with E-state index in [0.29, 0.717) is 13.1 Å². The fourth-order valence-electron chi connectivity index (χ4n) is 2.86. The van der Waals surface area contributed by atoms with E-state index < -0.39 is 0 Å². The van der Waals surface area contributed by atoms with Crippen LogP contribution in [0.1, 0.15) is 25.1 Å². The lowest BCUT2D eigenvalue weighted by Crippen LogP contribution is -2.40. The third-order valence-electron chi connectivity index (χ3n) is 4.25. The smallest absolute Gasteiger partial charge is 0.310 e. The highest BCUT2D eigenvalue weighted by atomic mass is 127. The van der Waals surface area contributed by atoms with Gasteiger partial charge < -0.3 is 15.0 Å². The summed E-state index contributed by atoms with van der Waals surface area (Å²) >= 11 is 0. The van der Waals surface area contributed by atoms with Gasteiger partial charge in [0.15, 0.2) is 5.96 Å². The molecule has 24 heavy (non-hydrogen) atoms. The van der Waals surface area contributed by atoms with E-state index in [-0.39, 0.29) is 41.8 Å².